The van der Waals surface area contributed by atoms with Gasteiger partial charge in [-0.05, 0) is 30.3 Å². The van der Waals surface area contributed by atoms with Crippen LogP contribution in [0.3, 0.4) is 0 Å². The largest absolute Gasteiger partial charge is 0.355 e. The zero-order valence-electron chi connectivity index (χ0n) is 17.2. The van der Waals surface area contributed by atoms with Crippen molar-refractivity contribution in [3.63, 3.8) is 0 Å². The molecule has 9 heteroatoms. The average Bonchev–Trinajstić information content (AvgIpc) is 3.55. The summed E-state index contributed by atoms with van der Waals surface area (Å²) in [6.45, 7) is 2.78. The van der Waals surface area contributed by atoms with Gasteiger partial charge in [0.05, 0.1) is 17.9 Å². The second-order valence-corrected chi connectivity index (χ2v) is 8.29. The number of carbonyl (C=O) groups is 1. The van der Waals surface area contributed by atoms with E-state index in [9.17, 15) is 9.18 Å². The van der Waals surface area contributed by atoms with Crippen LogP contribution in [0.1, 0.15) is 10.4 Å². The highest BCUT2D eigenvalue weighted by Crippen LogP contribution is 2.36. The van der Waals surface area contributed by atoms with Crippen molar-refractivity contribution < 1.29 is 9.18 Å². The number of hydrogen-bond donors (Lipinski definition) is 0. The Morgan fingerprint density at radius 3 is 2.44 bits per heavy atom. The Balaban J connectivity index is 1.23. The summed E-state index contributed by atoms with van der Waals surface area (Å²) in [6.07, 6.45) is 6.58. The molecule has 2 fully saturated rings. The quantitative estimate of drug-likeness (QED) is 0.498. The maximum Gasteiger partial charge on any atom is 0.259 e. The molecule has 1 amide bonds. The first-order valence-corrected chi connectivity index (χ1v) is 10.6. The number of rotatable bonds is 3. The lowest BCUT2D eigenvalue weighted by molar-refractivity contribution is 0.0777. The van der Waals surface area contributed by atoms with E-state index in [1.807, 2.05) is 18.2 Å². The Morgan fingerprint density at radius 1 is 0.875 bits per heavy atom. The molecule has 2 aliphatic heterocycles. The maximum absolute atomic E-state index is 14.7. The molecule has 0 radical (unpaired) electrons. The molecule has 1 aromatic carbocycles. The lowest BCUT2D eigenvalue weighted by atomic mass is 10.0. The molecule has 0 N–H and O–H groups in total. The van der Waals surface area contributed by atoms with E-state index in [2.05, 4.69) is 25.1 Å². The first-order valence-electron chi connectivity index (χ1n) is 10.6. The lowest BCUT2D eigenvalue weighted by Crippen LogP contribution is -2.34. The van der Waals surface area contributed by atoms with Gasteiger partial charge in [-0.25, -0.2) is 9.37 Å². The highest BCUT2D eigenvalue weighted by Gasteiger charge is 2.43. The number of fused-ring (bicyclic) bond motifs is 2. The van der Waals surface area contributed by atoms with Gasteiger partial charge in [0.15, 0.2) is 0 Å². The van der Waals surface area contributed by atoms with Crippen LogP contribution in [0.25, 0.3) is 16.6 Å². The number of likely N-dealkylation sites (tertiary alicyclic amines) is 1. The molecule has 32 heavy (non-hydrogen) atoms. The number of pyridine rings is 2. The summed E-state index contributed by atoms with van der Waals surface area (Å²) < 4.78 is 14.7. The molecule has 6 rings (SSSR count). The van der Waals surface area contributed by atoms with Crippen molar-refractivity contribution in [1.29, 1.82) is 0 Å². The first-order chi connectivity index (χ1) is 15.7. The Morgan fingerprint density at radius 2 is 1.66 bits per heavy atom. The highest BCUT2D eigenvalue weighted by molar-refractivity contribution is 5.98. The number of anilines is 1. The monoisotopic (exact) mass is 429 g/mol. The van der Waals surface area contributed by atoms with Gasteiger partial charge in [-0.3, -0.25) is 9.78 Å². The molecular weight excluding hydrogens is 409 g/mol. The van der Waals surface area contributed by atoms with Crippen LogP contribution in [-0.2, 0) is 0 Å². The van der Waals surface area contributed by atoms with Crippen LogP contribution in [0, 0.1) is 17.7 Å². The summed E-state index contributed by atoms with van der Waals surface area (Å²) in [5, 5.41) is 9.18. The van der Waals surface area contributed by atoms with Gasteiger partial charge in [0.1, 0.15) is 22.9 Å². The van der Waals surface area contributed by atoms with E-state index in [4.69, 9.17) is 0 Å². The summed E-state index contributed by atoms with van der Waals surface area (Å²) in [5.41, 5.74) is 1.29. The van der Waals surface area contributed by atoms with Crippen LogP contribution in [0.2, 0.25) is 0 Å². The molecule has 0 saturated carbocycles. The summed E-state index contributed by atoms with van der Waals surface area (Å²) in [7, 11) is 0. The van der Waals surface area contributed by atoms with Crippen LogP contribution in [-0.4, -0.2) is 61.9 Å². The molecule has 160 valence electrons. The van der Waals surface area contributed by atoms with Gasteiger partial charge in [0.25, 0.3) is 5.91 Å². The third-order valence-corrected chi connectivity index (χ3v) is 6.42. The molecule has 3 aromatic heterocycles. The number of hydrogen-bond acceptors (Lipinski definition) is 6. The smallest absolute Gasteiger partial charge is 0.259 e. The maximum atomic E-state index is 14.7. The van der Waals surface area contributed by atoms with Crippen LogP contribution >= 0.6 is 0 Å². The molecule has 5 heterocycles. The Kier molecular flexibility index (Phi) is 4.34. The van der Waals surface area contributed by atoms with Crippen LogP contribution in [0.15, 0.2) is 61.2 Å². The lowest BCUT2D eigenvalue weighted by Gasteiger charge is -2.24. The number of nitrogens with zero attached hydrogens (tertiary/aromatic N) is 7. The van der Waals surface area contributed by atoms with Crippen LogP contribution in [0.5, 0.6) is 0 Å². The molecule has 0 aliphatic carbocycles. The first kappa shape index (κ1) is 18.9. The topological polar surface area (TPSA) is 80.0 Å². The summed E-state index contributed by atoms with van der Waals surface area (Å²) >= 11 is 0. The molecule has 2 aliphatic rings. The highest BCUT2D eigenvalue weighted by atomic mass is 19.1. The molecular formula is C23H20FN7O. The predicted molar refractivity (Wildman–Crippen MR) is 116 cm³/mol. The Labute approximate surface area is 183 Å². The Hall–Kier alpha value is -3.88. The van der Waals surface area contributed by atoms with E-state index >= 15 is 0 Å². The molecule has 0 spiro atoms. The number of amides is 1. The third kappa shape index (κ3) is 3.00. The standard InChI is InChI=1S/C23H20FN7O/c24-18-4-1-5-20(31-27-9-10-28-31)21(18)23(32)30-13-15-11-29(12-16(15)14-30)22-17-3-2-7-25-19(17)6-8-26-22/h1-10,15-16H,11-14H2. The minimum atomic E-state index is -0.559. The van der Waals surface area contributed by atoms with Crippen molar-refractivity contribution in [2.24, 2.45) is 11.8 Å². The summed E-state index contributed by atoms with van der Waals surface area (Å²) in [6, 6.07) is 10.4. The van der Waals surface area contributed by atoms with Crippen LogP contribution in [0.4, 0.5) is 10.2 Å². The molecule has 2 saturated heterocycles. The van der Waals surface area contributed by atoms with Gasteiger partial charge < -0.3 is 9.80 Å². The number of halogens is 1. The van der Waals surface area contributed by atoms with Crippen molar-refractivity contribution in [3.05, 3.63) is 72.6 Å². The van der Waals surface area contributed by atoms with Crippen molar-refractivity contribution in [2.45, 2.75) is 0 Å². The van der Waals surface area contributed by atoms with Gasteiger partial charge in [-0.2, -0.15) is 15.0 Å². The van der Waals surface area contributed by atoms with E-state index in [1.165, 1.54) is 23.3 Å². The van der Waals surface area contributed by atoms with Gasteiger partial charge in [-0.15, -0.1) is 0 Å². The van der Waals surface area contributed by atoms with Crippen molar-refractivity contribution >= 4 is 22.6 Å². The molecule has 2 unspecified atom stereocenters. The van der Waals surface area contributed by atoms with Gasteiger partial charge in [-0.1, -0.05) is 6.07 Å². The molecule has 8 nitrogen and oxygen atoms in total. The zero-order chi connectivity index (χ0) is 21.7. The molecule has 2 atom stereocenters. The van der Waals surface area contributed by atoms with E-state index in [-0.39, 0.29) is 11.5 Å². The van der Waals surface area contributed by atoms with E-state index in [0.29, 0.717) is 30.6 Å². The van der Waals surface area contributed by atoms with Gasteiger partial charge >= 0.3 is 0 Å². The van der Waals surface area contributed by atoms with Crippen molar-refractivity contribution in [3.8, 4) is 5.69 Å². The molecule has 0 bridgehead atoms. The minimum absolute atomic E-state index is 0.0160. The number of carbonyl (C=O) groups excluding carboxylic acids is 1. The second-order valence-electron chi connectivity index (χ2n) is 8.29. The SMILES string of the molecule is O=C(c1c(F)cccc1-n1nccn1)N1CC2CN(c3nccc4ncccc34)CC2C1. The predicted octanol–water partition coefficient (Wildman–Crippen LogP) is 2.56. The normalized spacial score (nSPS) is 20.2. The fourth-order valence-electron chi connectivity index (χ4n) is 4.96. The summed E-state index contributed by atoms with van der Waals surface area (Å²) in [4.78, 5) is 27.7. The third-order valence-electron chi connectivity index (χ3n) is 6.42. The van der Waals surface area contributed by atoms with Gasteiger partial charge in [0.2, 0.25) is 0 Å². The van der Waals surface area contributed by atoms with Crippen molar-refractivity contribution in [1.82, 2.24) is 29.9 Å². The van der Waals surface area contributed by atoms with Crippen molar-refractivity contribution in [2.75, 3.05) is 31.1 Å². The fraction of sp³-hybridized carbons (Fsp3) is 0.261. The van der Waals surface area contributed by atoms with E-state index < -0.39 is 5.82 Å². The van der Waals surface area contributed by atoms with Crippen LogP contribution < -0.4 is 4.90 Å². The molecule has 4 aromatic rings. The minimum Gasteiger partial charge on any atom is -0.355 e. The average molecular weight is 429 g/mol. The van der Waals surface area contributed by atoms with E-state index in [1.54, 1.807) is 29.4 Å². The zero-order valence-corrected chi connectivity index (χ0v) is 17.2. The second kappa shape index (κ2) is 7.37. The number of benzene rings is 1. The van der Waals surface area contributed by atoms with Gasteiger partial charge in [0, 0.05) is 55.8 Å². The number of aromatic nitrogens is 5. The van der Waals surface area contributed by atoms with E-state index in [0.717, 1.165) is 29.8 Å². The Bertz CT molecular complexity index is 1290. The fourth-order valence-corrected chi connectivity index (χ4v) is 4.96. The summed E-state index contributed by atoms with van der Waals surface area (Å²) in [5.74, 6) is 0.681.